The standard InChI is InChI=1S/C14H11N3O4S/c1-7-3-4-9(5-10(7)17(20)21)11-12(13(18)19)22-14-15-6-8(2)16(11)14/h3-6H,1-2H3,(H,18,19). The number of aromatic nitrogens is 2. The molecule has 0 bridgehead atoms. The molecule has 8 heteroatoms. The number of nitro benzene ring substituents is 1. The van der Waals surface area contributed by atoms with E-state index in [4.69, 9.17) is 0 Å². The van der Waals surface area contributed by atoms with Crippen LogP contribution in [0, 0.1) is 24.0 Å². The summed E-state index contributed by atoms with van der Waals surface area (Å²) < 4.78 is 1.71. The van der Waals surface area contributed by atoms with Gasteiger partial charge in [-0.15, -0.1) is 0 Å². The molecular formula is C14H11N3O4S. The zero-order chi connectivity index (χ0) is 16.0. The average Bonchev–Trinajstić information content (AvgIpc) is 3.00. The molecule has 0 aliphatic rings. The van der Waals surface area contributed by atoms with Crippen molar-refractivity contribution < 1.29 is 14.8 Å². The van der Waals surface area contributed by atoms with E-state index in [0.717, 1.165) is 17.0 Å². The van der Waals surface area contributed by atoms with Crippen molar-refractivity contribution in [2.45, 2.75) is 13.8 Å². The van der Waals surface area contributed by atoms with Crippen LogP contribution in [-0.2, 0) is 0 Å². The molecule has 0 atom stereocenters. The summed E-state index contributed by atoms with van der Waals surface area (Å²) in [7, 11) is 0. The molecule has 0 fully saturated rings. The predicted molar refractivity (Wildman–Crippen MR) is 81.6 cm³/mol. The number of aromatic carboxylic acids is 1. The number of nitrogens with zero attached hydrogens (tertiary/aromatic N) is 3. The molecule has 0 radical (unpaired) electrons. The Morgan fingerprint density at radius 3 is 2.77 bits per heavy atom. The minimum Gasteiger partial charge on any atom is -0.477 e. The maximum atomic E-state index is 11.5. The molecule has 3 rings (SSSR count). The summed E-state index contributed by atoms with van der Waals surface area (Å²) in [6.07, 6.45) is 1.64. The molecule has 0 unspecified atom stereocenters. The van der Waals surface area contributed by atoms with Crippen LogP contribution in [0.4, 0.5) is 5.69 Å². The van der Waals surface area contributed by atoms with Gasteiger partial charge in [0.1, 0.15) is 4.88 Å². The van der Waals surface area contributed by atoms with Gasteiger partial charge in [0.05, 0.1) is 10.6 Å². The minimum absolute atomic E-state index is 0.0362. The van der Waals surface area contributed by atoms with E-state index in [9.17, 15) is 20.0 Å². The number of carbonyl (C=O) groups is 1. The number of aryl methyl sites for hydroxylation is 2. The van der Waals surface area contributed by atoms with Gasteiger partial charge in [-0.05, 0) is 13.8 Å². The van der Waals surface area contributed by atoms with Gasteiger partial charge in [-0.25, -0.2) is 9.78 Å². The number of nitro groups is 1. The van der Waals surface area contributed by atoms with Crippen LogP contribution in [0.25, 0.3) is 16.2 Å². The summed E-state index contributed by atoms with van der Waals surface area (Å²) >= 11 is 1.05. The van der Waals surface area contributed by atoms with Crippen molar-refractivity contribution in [3.05, 3.63) is 50.6 Å². The van der Waals surface area contributed by atoms with Gasteiger partial charge < -0.3 is 5.11 Å². The number of fused-ring (bicyclic) bond motifs is 1. The maximum absolute atomic E-state index is 11.5. The fourth-order valence-corrected chi connectivity index (χ4v) is 3.37. The first-order valence-electron chi connectivity index (χ1n) is 6.35. The lowest BCUT2D eigenvalue weighted by atomic mass is 10.1. The van der Waals surface area contributed by atoms with Gasteiger partial charge in [-0.3, -0.25) is 14.5 Å². The van der Waals surface area contributed by atoms with E-state index < -0.39 is 10.9 Å². The quantitative estimate of drug-likeness (QED) is 0.590. The second-order valence-corrected chi connectivity index (χ2v) is 5.84. The molecule has 0 amide bonds. The Kier molecular flexibility index (Phi) is 3.18. The SMILES string of the molecule is Cc1ccc(-c2c(C(=O)O)sc3ncc(C)n23)cc1[N+](=O)[O-]. The molecule has 1 aromatic carbocycles. The van der Waals surface area contributed by atoms with Crippen molar-refractivity contribution in [2.24, 2.45) is 0 Å². The van der Waals surface area contributed by atoms with Crippen LogP contribution < -0.4 is 0 Å². The van der Waals surface area contributed by atoms with E-state index in [1.54, 1.807) is 29.7 Å². The van der Waals surface area contributed by atoms with Gasteiger partial charge in [-0.1, -0.05) is 23.5 Å². The number of carboxylic acid groups (broad SMARTS) is 1. The van der Waals surface area contributed by atoms with Crippen molar-refractivity contribution in [1.29, 1.82) is 0 Å². The lowest BCUT2D eigenvalue weighted by molar-refractivity contribution is -0.385. The summed E-state index contributed by atoms with van der Waals surface area (Å²) in [5, 5.41) is 20.5. The third kappa shape index (κ3) is 2.04. The van der Waals surface area contributed by atoms with Crippen LogP contribution in [0.2, 0.25) is 0 Å². The molecule has 112 valence electrons. The highest BCUT2D eigenvalue weighted by Gasteiger charge is 2.23. The van der Waals surface area contributed by atoms with Crippen molar-refractivity contribution in [3.63, 3.8) is 0 Å². The summed E-state index contributed by atoms with van der Waals surface area (Å²) in [6.45, 7) is 3.45. The maximum Gasteiger partial charge on any atom is 0.348 e. The minimum atomic E-state index is -1.08. The number of hydrogen-bond acceptors (Lipinski definition) is 5. The summed E-state index contributed by atoms with van der Waals surface area (Å²) in [5.41, 5.74) is 2.18. The summed E-state index contributed by atoms with van der Waals surface area (Å²) in [6, 6.07) is 4.72. The van der Waals surface area contributed by atoms with E-state index in [1.807, 2.05) is 6.92 Å². The fraction of sp³-hybridized carbons (Fsp3) is 0.143. The number of carboxylic acids is 1. The van der Waals surface area contributed by atoms with Crippen LogP contribution >= 0.6 is 11.3 Å². The molecule has 2 heterocycles. The summed E-state index contributed by atoms with van der Waals surface area (Å²) in [4.78, 5) is 27.0. The Labute approximate surface area is 128 Å². The molecule has 7 nitrogen and oxygen atoms in total. The van der Waals surface area contributed by atoms with Crippen LogP contribution in [-0.4, -0.2) is 25.4 Å². The van der Waals surface area contributed by atoms with Gasteiger partial charge in [0.15, 0.2) is 4.96 Å². The van der Waals surface area contributed by atoms with Crippen LogP contribution in [0.1, 0.15) is 20.9 Å². The van der Waals surface area contributed by atoms with E-state index >= 15 is 0 Å². The monoisotopic (exact) mass is 317 g/mol. The lowest BCUT2D eigenvalue weighted by Crippen LogP contribution is -2.00. The van der Waals surface area contributed by atoms with Gasteiger partial charge in [0.25, 0.3) is 5.69 Å². The smallest absolute Gasteiger partial charge is 0.348 e. The molecule has 0 aliphatic heterocycles. The van der Waals surface area contributed by atoms with E-state index in [-0.39, 0.29) is 10.6 Å². The first kappa shape index (κ1) is 14.2. The lowest BCUT2D eigenvalue weighted by Gasteiger charge is -2.05. The third-order valence-corrected chi connectivity index (χ3v) is 4.45. The zero-order valence-corrected chi connectivity index (χ0v) is 12.5. The fourth-order valence-electron chi connectivity index (χ4n) is 2.36. The molecular weight excluding hydrogens is 306 g/mol. The van der Waals surface area contributed by atoms with Gasteiger partial charge >= 0.3 is 5.97 Å². The molecule has 0 saturated carbocycles. The van der Waals surface area contributed by atoms with Gasteiger partial charge in [0, 0.05) is 29.1 Å². The van der Waals surface area contributed by atoms with Crippen molar-refractivity contribution in [1.82, 2.24) is 9.38 Å². The number of rotatable bonds is 3. The normalized spacial score (nSPS) is 11.0. The summed E-state index contributed by atoms with van der Waals surface area (Å²) in [5.74, 6) is -1.08. The number of benzene rings is 1. The van der Waals surface area contributed by atoms with Gasteiger partial charge in [0.2, 0.25) is 0 Å². The molecule has 0 aliphatic carbocycles. The Bertz CT molecular complexity index is 926. The van der Waals surface area contributed by atoms with Crippen molar-refractivity contribution in [2.75, 3.05) is 0 Å². The number of thiazole rings is 1. The Morgan fingerprint density at radius 1 is 1.41 bits per heavy atom. The Hall–Kier alpha value is -2.74. The molecule has 3 aromatic rings. The Balaban J connectivity index is 2.36. The van der Waals surface area contributed by atoms with E-state index in [2.05, 4.69) is 4.98 Å². The van der Waals surface area contributed by atoms with Crippen LogP contribution in [0.5, 0.6) is 0 Å². The first-order valence-corrected chi connectivity index (χ1v) is 7.17. The molecule has 2 aromatic heterocycles. The average molecular weight is 317 g/mol. The molecule has 1 N–H and O–H groups in total. The second kappa shape index (κ2) is 4.92. The highest BCUT2D eigenvalue weighted by atomic mass is 32.1. The predicted octanol–water partition coefficient (Wildman–Crippen LogP) is 3.29. The van der Waals surface area contributed by atoms with Crippen LogP contribution in [0.15, 0.2) is 24.4 Å². The number of imidazole rings is 1. The number of hydrogen-bond donors (Lipinski definition) is 1. The topological polar surface area (TPSA) is 97.7 Å². The van der Waals surface area contributed by atoms with Crippen molar-refractivity contribution in [3.8, 4) is 11.3 Å². The first-order chi connectivity index (χ1) is 10.4. The highest BCUT2D eigenvalue weighted by molar-refractivity contribution is 7.19. The van der Waals surface area contributed by atoms with Crippen molar-refractivity contribution >= 4 is 28.0 Å². The Morgan fingerprint density at radius 2 is 2.14 bits per heavy atom. The van der Waals surface area contributed by atoms with Gasteiger partial charge in [-0.2, -0.15) is 0 Å². The van der Waals surface area contributed by atoms with E-state index in [1.165, 1.54) is 6.07 Å². The highest BCUT2D eigenvalue weighted by Crippen LogP contribution is 2.35. The largest absolute Gasteiger partial charge is 0.477 e. The molecule has 22 heavy (non-hydrogen) atoms. The zero-order valence-electron chi connectivity index (χ0n) is 11.7. The third-order valence-electron chi connectivity index (χ3n) is 3.41. The molecule has 0 saturated heterocycles. The molecule has 0 spiro atoms. The second-order valence-electron chi connectivity index (χ2n) is 4.86. The van der Waals surface area contributed by atoms with Crippen LogP contribution in [0.3, 0.4) is 0 Å². The van der Waals surface area contributed by atoms with E-state index in [0.29, 0.717) is 21.8 Å².